The predicted octanol–water partition coefficient (Wildman–Crippen LogP) is 4.57. The molecular formula is C21H14O3S. The zero-order valence-electron chi connectivity index (χ0n) is 13.3. The van der Waals surface area contributed by atoms with Gasteiger partial charge in [-0.25, -0.2) is 0 Å². The van der Waals surface area contributed by atoms with E-state index in [0.29, 0.717) is 27.8 Å². The maximum atomic E-state index is 12.7. The molecule has 25 heavy (non-hydrogen) atoms. The normalized spacial score (nSPS) is 15.4. The second-order valence-corrected chi connectivity index (χ2v) is 6.99. The van der Waals surface area contributed by atoms with Crippen LogP contribution in [-0.2, 0) is 0 Å². The molecule has 2 aliphatic rings. The second-order valence-electron chi connectivity index (χ2n) is 5.94. The van der Waals surface area contributed by atoms with Crippen LogP contribution in [0.1, 0.15) is 55.0 Å². The molecule has 0 radical (unpaired) electrons. The molecule has 4 rings (SSSR count). The lowest BCUT2D eigenvalue weighted by Gasteiger charge is -2.17. The van der Waals surface area contributed by atoms with Gasteiger partial charge in [0.05, 0.1) is 0 Å². The molecule has 0 bridgehead atoms. The van der Waals surface area contributed by atoms with Crippen molar-refractivity contribution in [2.45, 2.75) is 12.8 Å². The van der Waals surface area contributed by atoms with Crippen molar-refractivity contribution in [1.82, 2.24) is 0 Å². The van der Waals surface area contributed by atoms with Crippen LogP contribution in [0.3, 0.4) is 0 Å². The summed E-state index contributed by atoms with van der Waals surface area (Å²) in [6.45, 7) is 0. The summed E-state index contributed by atoms with van der Waals surface area (Å²) in [5, 5.41) is -0.125. The first-order valence-corrected chi connectivity index (χ1v) is 8.88. The highest BCUT2D eigenvalue weighted by atomic mass is 32.2. The molecule has 0 heterocycles. The molecule has 122 valence electrons. The Morgan fingerprint density at radius 1 is 0.840 bits per heavy atom. The van der Waals surface area contributed by atoms with E-state index in [4.69, 9.17) is 0 Å². The Labute approximate surface area is 149 Å². The minimum atomic E-state index is -0.207. The van der Waals surface area contributed by atoms with Crippen LogP contribution in [0.5, 0.6) is 0 Å². The van der Waals surface area contributed by atoms with Gasteiger partial charge in [0.1, 0.15) is 0 Å². The Kier molecular flexibility index (Phi) is 3.98. The first-order valence-electron chi connectivity index (χ1n) is 8.06. The van der Waals surface area contributed by atoms with Crippen molar-refractivity contribution < 1.29 is 14.4 Å². The van der Waals surface area contributed by atoms with Gasteiger partial charge in [-0.1, -0.05) is 42.5 Å². The van der Waals surface area contributed by atoms with Gasteiger partial charge in [-0.3, -0.25) is 14.4 Å². The summed E-state index contributed by atoms with van der Waals surface area (Å²) in [4.78, 5) is 38.8. The number of benzene rings is 2. The number of rotatable bonds is 2. The van der Waals surface area contributed by atoms with Crippen LogP contribution in [0.25, 0.3) is 0 Å². The fourth-order valence-electron chi connectivity index (χ4n) is 3.06. The standard InChI is InChI=1S/C21H14O3S/c22-19-15-8-4-5-9-16(15)20(23)18-12-13(10-11-17(18)19)21(24)25-14-6-2-1-3-7-14/h2,4-12H,1,3H2. The first kappa shape index (κ1) is 15.8. The fraction of sp³-hybridized carbons (Fsp3) is 0.0952. The zero-order valence-corrected chi connectivity index (χ0v) is 14.1. The summed E-state index contributed by atoms with van der Waals surface area (Å²) >= 11 is 1.15. The van der Waals surface area contributed by atoms with Gasteiger partial charge in [-0.05, 0) is 42.8 Å². The van der Waals surface area contributed by atoms with E-state index in [2.05, 4.69) is 0 Å². The van der Waals surface area contributed by atoms with E-state index in [1.165, 1.54) is 0 Å². The van der Waals surface area contributed by atoms with Gasteiger partial charge in [-0.2, -0.15) is 0 Å². The largest absolute Gasteiger partial charge is 0.289 e. The van der Waals surface area contributed by atoms with Crippen molar-refractivity contribution in [3.8, 4) is 0 Å². The monoisotopic (exact) mass is 346 g/mol. The van der Waals surface area contributed by atoms with Crippen LogP contribution in [0.2, 0.25) is 0 Å². The molecular weight excluding hydrogens is 332 g/mol. The van der Waals surface area contributed by atoms with E-state index in [1.807, 2.05) is 18.2 Å². The smallest absolute Gasteiger partial charge is 0.224 e. The number of carbonyl (C=O) groups excluding carboxylic acids is 3. The van der Waals surface area contributed by atoms with Crippen LogP contribution >= 0.6 is 11.8 Å². The number of allylic oxidation sites excluding steroid dienone is 3. The van der Waals surface area contributed by atoms with E-state index in [0.717, 1.165) is 29.5 Å². The molecule has 0 fully saturated rings. The maximum Gasteiger partial charge on any atom is 0.224 e. The minimum absolute atomic E-state index is 0.125. The van der Waals surface area contributed by atoms with Crippen LogP contribution in [0.15, 0.2) is 65.6 Å². The molecule has 0 aromatic heterocycles. The molecule has 3 nitrogen and oxygen atoms in total. The molecule has 2 aromatic rings. The van der Waals surface area contributed by atoms with Gasteiger partial charge >= 0.3 is 0 Å². The zero-order chi connectivity index (χ0) is 17.4. The Morgan fingerprint density at radius 3 is 2.20 bits per heavy atom. The molecule has 0 saturated heterocycles. The number of carbonyl (C=O) groups is 3. The van der Waals surface area contributed by atoms with Gasteiger partial charge in [0, 0.05) is 32.7 Å². The molecule has 0 spiro atoms. The number of thioether (sulfide) groups is 1. The number of hydrogen-bond acceptors (Lipinski definition) is 4. The highest BCUT2D eigenvalue weighted by Gasteiger charge is 2.30. The highest BCUT2D eigenvalue weighted by Crippen LogP contribution is 2.30. The molecule has 0 saturated carbocycles. The molecule has 2 aliphatic carbocycles. The van der Waals surface area contributed by atoms with E-state index < -0.39 is 0 Å². The summed E-state index contributed by atoms with van der Waals surface area (Å²) in [5.41, 5.74) is 1.93. The van der Waals surface area contributed by atoms with Crippen molar-refractivity contribution in [3.63, 3.8) is 0 Å². The van der Waals surface area contributed by atoms with Crippen molar-refractivity contribution in [3.05, 3.63) is 93.4 Å². The van der Waals surface area contributed by atoms with Gasteiger partial charge in [0.25, 0.3) is 0 Å². The quantitative estimate of drug-likeness (QED) is 0.682. The summed E-state index contributed by atoms with van der Waals surface area (Å²) in [6.07, 6.45) is 7.94. The number of fused-ring (bicyclic) bond motifs is 2. The van der Waals surface area contributed by atoms with Crippen LogP contribution < -0.4 is 0 Å². The Balaban J connectivity index is 1.69. The predicted molar refractivity (Wildman–Crippen MR) is 98.1 cm³/mol. The minimum Gasteiger partial charge on any atom is -0.289 e. The topological polar surface area (TPSA) is 51.2 Å². The fourth-order valence-corrected chi connectivity index (χ4v) is 3.88. The third-order valence-electron chi connectivity index (χ3n) is 4.33. The summed E-state index contributed by atoms with van der Waals surface area (Å²) in [6, 6.07) is 11.6. The molecule has 0 atom stereocenters. The Bertz CT molecular complexity index is 982. The van der Waals surface area contributed by atoms with Gasteiger partial charge in [0.2, 0.25) is 5.12 Å². The molecule has 0 unspecified atom stereocenters. The lowest BCUT2D eigenvalue weighted by Crippen LogP contribution is -2.21. The van der Waals surface area contributed by atoms with Gasteiger partial charge in [0.15, 0.2) is 11.6 Å². The Morgan fingerprint density at radius 2 is 1.52 bits per heavy atom. The molecule has 2 aromatic carbocycles. The van der Waals surface area contributed by atoms with Gasteiger partial charge in [-0.15, -0.1) is 0 Å². The summed E-state index contributed by atoms with van der Waals surface area (Å²) in [5.74, 6) is -0.378. The summed E-state index contributed by atoms with van der Waals surface area (Å²) < 4.78 is 0. The molecule has 4 heteroatoms. The maximum absolute atomic E-state index is 12.7. The average Bonchev–Trinajstić information content (AvgIpc) is 2.66. The molecule has 0 aliphatic heterocycles. The number of hydrogen-bond donors (Lipinski definition) is 0. The SMILES string of the molecule is O=C(SC1=CCCC=C1)c1ccc2c(c1)C(=O)c1ccccc1C2=O. The van der Waals surface area contributed by atoms with Crippen LogP contribution in [-0.4, -0.2) is 16.7 Å². The van der Waals surface area contributed by atoms with E-state index >= 15 is 0 Å². The second kappa shape index (κ2) is 6.30. The van der Waals surface area contributed by atoms with E-state index in [1.54, 1.807) is 42.5 Å². The number of ketones is 2. The van der Waals surface area contributed by atoms with Crippen molar-refractivity contribution in [2.75, 3.05) is 0 Å². The molecule has 0 N–H and O–H groups in total. The van der Waals surface area contributed by atoms with Crippen molar-refractivity contribution in [1.29, 1.82) is 0 Å². The first-order chi connectivity index (χ1) is 12.1. The third kappa shape index (κ3) is 2.79. The van der Waals surface area contributed by atoms with Gasteiger partial charge < -0.3 is 0 Å². The van der Waals surface area contributed by atoms with Crippen LogP contribution in [0.4, 0.5) is 0 Å². The summed E-state index contributed by atoms with van der Waals surface area (Å²) in [7, 11) is 0. The Hall–Kier alpha value is -2.72. The third-order valence-corrected chi connectivity index (χ3v) is 5.29. The van der Waals surface area contributed by atoms with Crippen molar-refractivity contribution >= 4 is 28.4 Å². The highest BCUT2D eigenvalue weighted by molar-refractivity contribution is 8.17. The molecule has 0 amide bonds. The average molecular weight is 346 g/mol. The lowest BCUT2D eigenvalue weighted by molar-refractivity contribution is 0.0978. The van der Waals surface area contributed by atoms with Crippen molar-refractivity contribution in [2.24, 2.45) is 0 Å². The van der Waals surface area contributed by atoms with Crippen LogP contribution in [0, 0.1) is 0 Å². The lowest BCUT2D eigenvalue weighted by atomic mass is 9.83. The van der Waals surface area contributed by atoms with E-state index in [-0.39, 0.29) is 16.7 Å². The van der Waals surface area contributed by atoms with E-state index in [9.17, 15) is 14.4 Å².